The molecule has 0 saturated carbocycles. The molecule has 2 heterocycles. The number of nitrogens with one attached hydrogen (secondary N) is 2. The number of hydrogen-bond acceptors (Lipinski definition) is 3. The number of pyridine rings is 1. The number of aromatic nitrogens is 2. The largest absolute Gasteiger partial charge is 0.507 e. The maximum Gasteiger partial charge on any atom is 0.258 e. The van der Waals surface area contributed by atoms with Crippen LogP contribution in [0, 0.1) is 6.92 Å². The molecule has 0 saturated heterocycles. The first kappa shape index (κ1) is 26.1. The minimum atomic E-state index is -0.564. The van der Waals surface area contributed by atoms with Crippen molar-refractivity contribution in [3.8, 4) is 5.75 Å². The molecule has 6 nitrogen and oxygen atoms in total. The highest BCUT2D eigenvalue weighted by molar-refractivity contribution is 5.94. The fourth-order valence-corrected chi connectivity index (χ4v) is 5.73. The monoisotopic (exact) mass is 541 g/mol. The summed E-state index contributed by atoms with van der Waals surface area (Å²) >= 11 is 0. The van der Waals surface area contributed by atoms with Crippen LogP contribution in [-0.4, -0.2) is 27.1 Å². The zero-order chi connectivity index (χ0) is 28.5. The molecule has 0 bridgehead atoms. The van der Waals surface area contributed by atoms with Crippen molar-refractivity contribution in [3.05, 3.63) is 147 Å². The van der Waals surface area contributed by atoms with E-state index in [1.54, 1.807) is 23.7 Å². The van der Waals surface area contributed by atoms with Gasteiger partial charge in [0.15, 0.2) is 0 Å². The second-order valence-electron chi connectivity index (χ2n) is 10.4. The molecular weight excluding hydrogens is 510 g/mol. The number of amides is 1. The Hall–Kier alpha value is -5.10. The first-order chi connectivity index (χ1) is 19.9. The minimum absolute atomic E-state index is 0.0174. The predicted molar refractivity (Wildman–Crippen MR) is 164 cm³/mol. The van der Waals surface area contributed by atoms with Crippen molar-refractivity contribution in [3.63, 3.8) is 0 Å². The van der Waals surface area contributed by atoms with Gasteiger partial charge >= 0.3 is 0 Å². The summed E-state index contributed by atoms with van der Waals surface area (Å²) in [6.07, 6.45) is 0.537. The van der Waals surface area contributed by atoms with Gasteiger partial charge in [0.2, 0.25) is 0 Å². The Morgan fingerprint density at radius 3 is 2.29 bits per heavy atom. The first-order valence-corrected chi connectivity index (χ1v) is 13.7. The number of hydrogen-bond donors (Lipinski definition) is 3. The van der Waals surface area contributed by atoms with Crippen LogP contribution in [0.3, 0.4) is 0 Å². The standard InChI is InChI=1S/C35H31N3O3/c1-22-16-18-23(19-17-22)30(31-33(39)27-13-7-9-15-29(27)38(2)35(31)41)32-26(25-12-6-8-14-28(25)37-32)20-21-36-34(40)24-10-4-3-5-11-24/h3-19,30,37,39H,20-21H2,1-2H3,(H,36,40). The lowest BCUT2D eigenvalue weighted by molar-refractivity contribution is 0.0954. The second-order valence-corrected chi connectivity index (χ2v) is 10.4. The Balaban J connectivity index is 1.52. The van der Waals surface area contributed by atoms with Crippen molar-refractivity contribution < 1.29 is 9.90 Å². The number of rotatable bonds is 7. The van der Waals surface area contributed by atoms with Gasteiger partial charge in [0.05, 0.1) is 17.0 Å². The third-order valence-corrected chi connectivity index (χ3v) is 7.84. The average molecular weight is 542 g/mol. The number of carbonyl (C=O) groups is 1. The Morgan fingerprint density at radius 1 is 0.878 bits per heavy atom. The molecule has 0 spiro atoms. The van der Waals surface area contributed by atoms with E-state index in [2.05, 4.69) is 10.3 Å². The van der Waals surface area contributed by atoms with E-state index in [1.807, 2.05) is 97.9 Å². The molecule has 6 heteroatoms. The zero-order valence-corrected chi connectivity index (χ0v) is 23.0. The Bertz CT molecular complexity index is 1940. The highest BCUT2D eigenvalue weighted by Crippen LogP contribution is 2.41. The molecule has 3 N–H and O–H groups in total. The Morgan fingerprint density at radius 2 is 1.54 bits per heavy atom. The minimum Gasteiger partial charge on any atom is -0.507 e. The van der Waals surface area contributed by atoms with E-state index in [4.69, 9.17) is 0 Å². The lowest BCUT2D eigenvalue weighted by Crippen LogP contribution is -2.27. The van der Waals surface area contributed by atoms with Gasteiger partial charge in [-0.25, -0.2) is 0 Å². The molecule has 0 aliphatic carbocycles. The molecule has 1 amide bonds. The summed E-state index contributed by atoms with van der Waals surface area (Å²) in [5.74, 6) is -0.717. The molecule has 4 aromatic carbocycles. The van der Waals surface area contributed by atoms with E-state index < -0.39 is 5.92 Å². The SMILES string of the molecule is Cc1ccc(C(c2[nH]c3ccccc3c2CCNC(=O)c2ccccc2)c2c(O)c3ccccc3n(C)c2=O)cc1. The van der Waals surface area contributed by atoms with Crippen LogP contribution in [-0.2, 0) is 13.5 Å². The summed E-state index contributed by atoms with van der Waals surface area (Å²) in [6.45, 7) is 2.43. The van der Waals surface area contributed by atoms with Gasteiger partial charge in [-0.3, -0.25) is 9.59 Å². The summed E-state index contributed by atoms with van der Waals surface area (Å²) in [7, 11) is 1.74. The molecule has 0 aliphatic rings. The highest BCUT2D eigenvalue weighted by Gasteiger charge is 2.30. The maximum atomic E-state index is 14.0. The second kappa shape index (κ2) is 10.8. The number of nitrogens with zero attached hydrogens (tertiary/aromatic N) is 1. The van der Waals surface area contributed by atoms with Crippen LogP contribution in [0.4, 0.5) is 0 Å². The van der Waals surface area contributed by atoms with Crippen LogP contribution in [0.5, 0.6) is 5.75 Å². The Labute approximate surface area is 237 Å². The van der Waals surface area contributed by atoms with Crippen molar-refractivity contribution in [2.45, 2.75) is 19.3 Å². The number of carbonyl (C=O) groups excluding carboxylic acids is 1. The third kappa shape index (κ3) is 4.78. The normalized spacial score (nSPS) is 12.0. The van der Waals surface area contributed by atoms with Gasteiger partial charge in [-0.05, 0) is 54.8 Å². The summed E-state index contributed by atoms with van der Waals surface area (Å²) < 4.78 is 1.61. The van der Waals surface area contributed by atoms with Crippen molar-refractivity contribution in [2.75, 3.05) is 6.54 Å². The fourth-order valence-electron chi connectivity index (χ4n) is 5.73. The molecule has 0 radical (unpaired) electrons. The van der Waals surface area contributed by atoms with Crippen molar-refractivity contribution in [1.82, 2.24) is 14.9 Å². The number of fused-ring (bicyclic) bond motifs is 2. The van der Waals surface area contributed by atoms with Crippen LogP contribution in [0.15, 0.2) is 108 Å². The molecular formula is C35H31N3O3. The number of H-pyrrole nitrogens is 1. The molecule has 0 fully saturated rings. The van der Waals surface area contributed by atoms with Gasteiger partial charge < -0.3 is 20.0 Å². The van der Waals surface area contributed by atoms with Crippen LogP contribution in [0.25, 0.3) is 21.8 Å². The zero-order valence-electron chi connectivity index (χ0n) is 23.0. The van der Waals surface area contributed by atoms with E-state index in [0.717, 1.165) is 33.3 Å². The predicted octanol–water partition coefficient (Wildman–Crippen LogP) is 6.19. The van der Waals surface area contributed by atoms with Gasteiger partial charge in [0.25, 0.3) is 11.5 Å². The van der Waals surface area contributed by atoms with Crippen molar-refractivity contribution in [2.24, 2.45) is 7.05 Å². The molecule has 204 valence electrons. The number of aryl methyl sites for hydroxylation is 2. The van der Waals surface area contributed by atoms with Gasteiger partial charge in [-0.1, -0.05) is 78.4 Å². The van der Waals surface area contributed by atoms with Crippen LogP contribution >= 0.6 is 0 Å². The summed E-state index contributed by atoms with van der Waals surface area (Å²) in [6, 6.07) is 32.6. The first-order valence-electron chi connectivity index (χ1n) is 13.7. The van der Waals surface area contributed by atoms with Crippen LogP contribution in [0.2, 0.25) is 0 Å². The number of para-hydroxylation sites is 2. The maximum absolute atomic E-state index is 14.0. The molecule has 1 atom stereocenters. The van der Waals surface area contributed by atoms with Gasteiger partial charge in [0.1, 0.15) is 5.75 Å². The van der Waals surface area contributed by atoms with E-state index in [-0.39, 0.29) is 17.2 Å². The molecule has 6 rings (SSSR count). The van der Waals surface area contributed by atoms with Crippen LogP contribution in [0.1, 0.15) is 44.2 Å². The molecule has 2 aromatic heterocycles. The third-order valence-electron chi connectivity index (χ3n) is 7.84. The average Bonchev–Trinajstić information content (AvgIpc) is 3.37. The van der Waals surface area contributed by atoms with E-state index in [0.29, 0.717) is 35.0 Å². The van der Waals surface area contributed by atoms with Gasteiger partial charge in [0, 0.05) is 41.1 Å². The lowest BCUT2D eigenvalue weighted by Gasteiger charge is -2.22. The lowest BCUT2D eigenvalue weighted by atomic mass is 9.85. The highest BCUT2D eigenvalue weighted by atomic mass is 16.3. The molecule has 1 unspecified atom stereocenters. The molecule has 6 aromatic rings. The quantitative estimate of drug-likeness (QED) is 0.225. The fraction of sp³-hybridized carbons (Fsp3) is 0.143. The summed E-state index contributed by atoms with van der Waals surface area (Å²) in [5.41, 5.74) is 6.07. The van der Waals surface area contributed by atoms with Gasteiger partial charge in [-0.2, -0.15) is 0 Å². The Kier molecular flexibility index (Phi) is 6.89. The van der Waals surface area contributed by atoms with E-state index in [9.17, 15) is 14.7 Å². The van der Waals surface area contributed by atoms with Crippen molar-refractivity contribution in [1.29, 1.82) is 0 Å². The number of benzene rings is 4. The summed E-state index contributed by atoms with van der Waals surface area (Å²) in [5, 5.41) is 16.3. The molecule has 0 aliphatic heterocycles. The van der Waals surface area contributed by atoms with Crippen molar-refractivity contribution >= 4 is 27.7 Å². The number of aromatic hydroxyl groups is 1. The topological polar surface area (TPSA) is 87.1 Å². The van der Waals surface area contributed by atoms with E-state index in [1.165, 1.54) is 0 Å². The van der Waals surface area contributed by atoms with Crippen LogP contribution < -0.4 is 10.9 Å². The van der Waals surface area contributed by atoms with Gasteiger partial charge in [-0.15, -0.1) is 0 Å². The smallest absolute Gasteiger partial charge is 0.258 e. The number of aromatic amines is 1. The summed E-state index contributed by atoms with van der Waals surface area (Å²) in [4.78, 5) is 30.4. The van der Waals surface area contributed by atoms with E-state index >= 15 is 0 Å². The molecule has 41 heavy (non-hydrogen) atoms.